The summed E-state index contributed by atoms with van der Waals surface area (Å²) in [6.45, 7) is 4.94. The second-order valence-electron chi connectivity index (χ2n) is 4.50. The molecule has 0 saturated heterocycles. The SMILES string of the molecule is CCCC(C)C(=O)NCCNc1cnc(C(=O)O)cn1. The van der Waals surface area contributed by atoms with Crippen LogP contribution in [-0.2, 0) is 4.79 Å². The van der Waals surface area contributed by atoms with Gasteiger partial charge in [-0.15, -0.1) is 0 Å². The fraction of sp³-hybridized carbons (Fsp3) is 0.538. The fourth-order valence-electron chi connectivity index (χ4n) is 1.64. The molecule has 0 aliphatic rings. The van der Waals surface area contributed by atoms with Crippen LogP contribution >= 0.6 is 0 Å². The number of aromatic carboxylic acids is 1. The van der Waals surface area contributed by atoms with Crippen molar-refractivity contribution in [3.05, 3.63) is 18.1 Å². The summed E-state index contributed by atoms with van der Waals surface area (Å²) in [4.78, 5) is 29.9. The first-order valence-electron chi connectivity index (χ1n) is 6.61. The molecule has 0 aromatic carbocycles. The number of hydrogen-bond acceptors (Lipinski definition) is 5. The van der Waals surface area contributed by atoms with E-state index in [0.29, 0.717) is 18.9 Å². The van der Waals surface area contributed by atoms with E-state index in [2.05, 4.69) is 20.6 Å². The Hall–Kier alpha value is -2.18. The second kappa shape index (κ2) is 8.08. The Morgan fingerprint density at radius 3 is 2.60 bits per heavy atom. The predicted molar refractivity (Wildman–Crippen MR) is 74.6 cm³/mol. The molecule has 110 valence electrons. The molecule has 1 rings (SSSR count). The number of carboxylic acids is 1. The number of nitrogens with zero attached hydrogens (tertiary/aromatic N) is 2. The van der Waals surface area contributed by atoms with E-state index in [4.69, 9.17) is 5.11 Å². The molecule has 0 aliphatic carbocycles. The number of amides is 1. The maximum absolute atomic E-state index is 11.6. The minimum absolute atomic E-state index is 0.0228. The van der Waals surface area contributed by atoms with Gasteiger partial charge in [0, 0.05) is 19.0 Å². The molecule has 0 radical (unpaired) electrons. The van der Waals surface area contributed by atoms with Gasteiger partial charge in [-0.25, -0.2) is 14.8 Å². The molecule has 1 atom stereocenters. The quantitative estimate of drug-likeness (QED) is 0.617. The predicted octanol–water partition coefficient (Wildman–Crippen LogP) is 1.14. The molecule has 7 heteroatoms. The highest BCUT2D eigenvalue weighted by Crippen LogP contribution is 2.04. The number of carbonyl (C=O) groups is 2. The molecular weight excluding hydrogens is 260 g/mol. The first-order valence-corrected chi connectivity index (χ1v) is 6.61. The summed E-state index contributed by atoms with van der Waals surface area (Å²) >= 11 is 0. The van der Waals surface area contributed by atoms with Crippen molar-refractivity contribution >= 4 is 17.7 Å². The van der Waals surface area contributed by atoms with Crippen molar-refractivity contribution in [3.63, 3.8) is 0 Å². The highest BCUT2D eigenvalue weighted by Gasteiger charge is 2.10. The van der Waals surface area contributed by atoms with Crippen LogP contribution in [0.1, 0.15) is 37.2 Å². The van der Waals surface area contributed by atoms with Gasteiger partial charge < -0.3 is 15.7 Å². The van der Waals surface area contributed by atoms with Gasteiger partial charge in [0.25, 0.3) is 0 Å². The van der Waals surface area contributed by atoms with Crippen molar-refractivity contribution in [3.8, 4) is 0 Å². The molecule has 0 fully saturated rings. The van der Waals surface area contributed by atoms with Crippen molar-refractivity contribution in [1.82, 2.24) is 15.3 Å². The second-order valence-corrected chi connectivity index (χ2v) is 4.50. The Bertz CT molecular complexity index is 447. The number of carboxylic acid groups (broad SMARTS) is 1. The number of rotatable bonds is 8. The number of nitrogens with one attached hydrogen (secondary N) is 2. The van der Waals surface area contributed by atoms with Crippen LogP contribution in [0.15, 0.2) is 12.4 Å². The van der Waals surface area contributed by atoms with Crippen LogP contribution in [0.25, 0.3) is 0 Å². The van der Waals surface area contributed by atoms with E-state index >= 15 is 0 Å². The van der Waals surface area contributed by atoms with Gasteiger partial charge in [-0.3, -0.25) is 4.79 Å². The van der Waals surface area contributed by atoms with Gasteiger partial charge in [0.1, 0.15) is 5.82 Å². The van der Waals surface area contributed by atoms with Gasteiger partial charge in [-0.2, -0.15) is 0 Å². The molecule has 1 aromatic heterocycles. The van der Waals surface area contributed by atoms with Crippen molar-refractivity contribution < 1.29 is 14.7 Å². The smallest absolute Gasteiger partial charge is 0.356 e. The normalized spacial score (nSPS) is 11.7. The maximum atomic E-state index is 11.6. The first kappa shape index (κ1) is 15.9. The van der Waals surface area contributed by atoms with Crippen LogP contribution in [0.2, 0.25) is 0 Å². The molecule has 7 nitrogen and oxygen atoms in total. The third kappa shape index (κ3) is 5.21. The molecule has 3 N–H and O–H groups in total. The minimum Gasteiger partial charge on any atom is -0.476 e. The molecule has 0 aliphatic heterocycles. The molecule has 0 spiro atoms. The molecule has 0 saturated carbocycles. The van der Waals surface area contributed by atoms with Gasteiger partial charge in [0.2, 0.25) is 5.91 Å². The number of anilines is 1. The number of aromatic nitrogens is 2. The van der Waals surface area contributed by atoms with Crippen molar-refractivity contribution in [2.75, 3.05) is 18.4 Å². The monoisotopic (exact) mass is 280 g/mol. The van der Waals surface area contributed by atoms with Crippen LogP contribution < -0.4 is 10.6 Å². The van der Waals surface area contributed by atoms with E-state index in [9.17, 15) is 9.59 Å². The summed E-state index contributed by atoms with van der Waals surface area (Å²) in [5, 5.41) is 14.5. The topological polar surface area (TPSA) is 104 Å². The molecule has 1 unspecified atom stereocenters. The van der Waals surface area contributed by atoms with E-state index in [1.54, 1.807) is 0 Å². The van der Waals surface area contributed by atoms with Crippen molar-refractivity contribution in [2.45, 2.75) is 26.7 Å². The Morgan fingerprint density at radius 1 is 1.30 bits per heavy atom. The van der Waals surface area contributed by atoms with Crippen molar-refractivity contribution in [1.29, 1.82) is 0 Å². The van der Waals surface area contributed by atoms with Crippen molar-refractivity contribution in [2.24, 2.45) is 5.92 Å². The first-order chi connectivity index (χ1) is 9.54. The minimum atomic E-state index is -1.11. The Labute approximate surface area is 117 Å². The van der Waals surface area contributed by atoms with Crippen LogP contribution in [0.3, 0.4) is 0 Å². The van der Waals surface area contributed by atoms with Crippen LogP contribution in [0.5, 0.6) is 0 Å². The summed E-state index contributed by atoms with van der Waals surface area (Å²) in [5.74, 6) is -0.567. The summed E-state index contributed by atoms with van der Waals surface area (Å²) < 4.78 is 0. The summed E-state index contributed by atoms with van der Waals surface area (Å²) in [6, 6.07) is 0. The highest BCUT2D eigenvalue weighted by atomic mass is 16.4. The highest BCUT2D eigenvalue weighted by molar-refractivity contribution is 5.84. The lowest BCUT2D eigenvalue weighted by atomic mass is 10.1. The van der Waals surface area contributed by atoms with Crippen LogP contribution in [0, 0.1) is 5.92 Å². The van der Waals surface area contributed by atoms with Gasteiger partial charge >= 0.3 is 5.97 Å². The summed E-state index contributed by atoms with van der Waals surface area (Å²) in [6.07, 6.45) is 4.40. The number of carbonyl (C=O) groups excluding carboxylic acids is 1. The van der Waals surface area contributed by atoms with Crippen LogP contribution in [-0.4, -0.2) is 40.0 Å². The van der Waals surface area contributed by atoms with Gasteiger partial charge in [-0.1, -0.05) is 20.3 Å². The Kier molecular flexibility index (Phi) is 6.42. The van der Waals surface area contributed by atoms with Crippen LogP contribution in [0.4, 0.5) is 5.82 Å². The van der Waals surface area contributed by atoms with E-state index in [1.807, 2.05) is 13.8 Å². The van der Waals surface area contributed by atoms with Gasteiger partial charge in [-0.05, 0) is 6.42 Å². The summed E-state index contributed by atoms with van der Waals surface area (Å²) in [7, 11) is 0. The molecule has 1 heterocycles. The lowest BCUT2D eigenvalue weighted by Crippen LogP contribution is -2.33. The summed E-state index contributed by atoms with van der Waals surface area (Å²) in [5.41, 5.74) is -0.0998. The third-order valence-electron chi connectivity index (χ3n) is 2.77. The maximum Gasteiger partial charge on any atom is 0.356 e. The molecule has 1 amide bonds. The zero-order valence-corrected chi connectivity index (χ0v) is 11.7. The van der Waals surface area contributed by atoms with E-state index < -0.39 is 5.97 Å². The Balaban J connectivity index is 2.27. The van der Waals surface area contributed by atoms with E-state index in [-0.39, 0.29) is 17.5 Å². The largest absolute Gasteiger partial charge is 0.476 e. The van der Waals surface area contributed by atoms with E-state index in [1.165, 1.54) is 12.4 Å². The third-order valence-corrected chi connectivity index (χ3v) is 2.77. The zero-order chi connectivity index (χ0) is 15.0. The molecular formula is C13H20N4O3. The molecule has 0 bridgehead atoms. The average molecular weight is 280 g/mol. The zero-order valence-electron chi connectivity index (χ0n) is 11.7. The average Bonchev–Trinajstić information content (AvgIpc) is 2.44. The van der Waals surface area contributed by atoms with Gasteiger partial charge in [0.15, 0.2) is 5.69 Å². The lowest BCUT2D eigenvalue weighted by Gasteiger charge is -2.11. The number of hydrogen-bond donors (Lipinski definition) is 3. The molecule has 1 aromatic rings. The Morgan fingerprint density at radius 2 is 2.05 bits per heavy atom. The van der Waals surface area contributed by atoms with Gasteiger partial charge in [0.05, 0.1) is 12.4 Å². The molecule has 20 heavy (non-hydrogen) atoms. The standard InChI is InChI=1S/C13H20N4O3/c1-3-4-9(2)12(18)15-6-5-14-11-8-16-10(7-17-11)13(19)20/h7-9H,3-6H2,1-2H3,(H,14,17)(H,15,18)(H,19,20). The lowest BCUT2D eigenvalue weighted by molar-refractivity contribution is -0.124. The van der Waals surface area contributed by atoms with E-state index in [0.717, 1.165) is 12.8 Å². The fourth-order valence-corrected chi connectivity index (χ4v) is 1.64.